The third kappa shape index (κ3) is 7.71. The van der Waals surface area contributed by atoms with Gasteiger partial charge < -0.3 is 15.0 Å². The van der Waals surface area contributed by atoms with Gasteiger partial charge in [-0.05, 0) is 42.5 Å². The molecule has 1 aromatic heterocycles. The fourth-order valence-corrected chi connectivity index (χ4v) is 4.57. The summed E-state index contributed by atoms with van der Waals surface area (Å²) in [5.74, 6) is -1.70. The highest BCUT2D eigenvalue weighted by Crippen LogP contribution is 2.37. The molecule has 2 aliphatic rings. The monoisotopic (exact) mass is 486 g/mol. The molecule has 0 atom stereocenters. The second kappa shape index (κ2) is 11.6. The molecule has 4 rings (SSSR count). The minimum atomic E-state index is -2.60. The summed E-state index contributed by atoms with van der Waals surface area (Å²) in [5, 5.41) is 2.67. The highest BCUT2D eigenvalue weighted by Gasteiger charge is 2.35. The fraction of sp³-hybridized carbons (Fsp3) is 0.500. The van der Waals surface area contributed by atoms with Crippen LogP contribution in [0.4, 0.5) is 8.78 Å². The van der Waals surface area contributed by atoms with Gasteiger partial charge in [-0.2, -0.15) is 0 Å². The van der Waals surface area contributed by atoms with Crippen LogP contribution in [0.25, 0.3) is 0 Å². The molecule has 1 aliphatic carbocycles. The largest absolute Gasteiger partial charge is 0.439 e. The number of pyridine rings is 1. The maximum absolute atomic E-state index is 13.3. The van der Waals surface area contributed by atoms with E-state index in [-0.39, 0.29) is 43.5 Å². The predicted octanol–water partition coefficient (Wildman–Crippen LogP) is 3.85. The smallest absolute Gasteiger partial charge is 0.248 e. The molecule has 9 heteroatoms. The molecule has 188 valence electrons. The van der Waals surface area contributed by atoms with Gasteiger partial charge in [-0.1, -0.05) is 18.2 Å². The lowest BCUT2D eigenvalue weighted by molar-refractivity contribution is -0.134. The van der Waals surface area contributed by atoms with Gasteiger partial charge >= 0.3 is 0 Å². The summed E-state index contributed by atoms with van der Waals surface area (Å²) in [6.45, 7) is 3.36. The maximum Gasteiger partial charge on any atom is 0.248 e. The molecule has 1 N–H and O–H groups in total. The normalized spacial score (nSPS) is 18.7. The van der Waals surface area contributed by atoms with E-state index in [4.69, 9.17) is 4.74 Å². The number of aromatic nitrogens is 1. The van der Waals surface area contributed by atoms with Crippen molar-refractivity contribution in [3.05, 3.63) is 54.2 Å². The molecule has 1 saturated heterocycles. The summed E-state index contributed by atoms with van der Waals surface area (Å²) in [4.78, 5) is 32.9. The molecular weight excluding hydrogens is 454 g/mol. The quantitative estimate of drug-likeness (QED) is 0.614. The van der Waals surface area contributed by atoms with Gasteiger partial charge in [-0.3, -0.25) is 14.5 Å². The summed E-state index contributed by atoms with van der Waals surface area (Å²) in [6.07, 6.45) is 2.29. The van der Waals surface area contributed by atoms with Crippen LogP contribution in [0, 0.1) is 5.92 Å². The molecule has 1 aromatic carbocycles. The number of hydrogen-bond donors (Lipinski definition) is 1. The highest BCUT2D eigenvalue weighted by molar-refractivity contribution is 5.84. The standard InChI is InChI=1S/C26H32F2N4O3/c27-26(28)9-7-20(8-10-26)17-23(33)30-18-25(34)32-14-12-31(13-15-32)19-21-4-3-5-22(16-21)35-24-6-1-2-11-29-24/h1-6,11,16,20H,7-10,12-15,17-19H2,(H,30,33). The second-order valence-corrected chi connectivity index (χ2v) is 9.35. The van der Waals surface area contributed by atoms with E-state index in [2.05, 4.69) is 15.2 Å². The number of rotatable bonds is 8. The Morgan fingerprint density at radius 2 is 1.83 bits per heavy atom. The van der Waals surface area contributed by atoms with E-state index in [9.17, 15) is 18.4 Å². The zero-order valence-electron chi connectivity index (χ0n) is 19.8. The number of carbonyl (C=O) groups is 2. The Morgan fingerprint density at radius 3 is 2.54 bits per heavy atom. The molecule has 0 radical (unpaired) electrons. The van der Waals surface area contributed by atoms with Gasteiger partial charge in [0.2, 0.25) is 23.6 Å². The minimum absolute atomic E-state index is 0.0267. The molecule has 1 aliphatic heterocycles. The van der Waals surface area contributed by atoms with E-state index < -0.39 is 5.92 Å². The number of hydrogen-bond acceptors (Lipinski definition) is 5. The Bertz CT molecular complexity index is 987. The van der Waals surface area contributed by atoms with E-state index in [0.29, 0.717) is 31.8 Å². The molecular formula is C26H32F2N4O3. The van der Waals surface area contributed by atoms with Crippen LogP contribution in [-0.4, -0.2) is 65.2 Å². The lowest BCUT2D eigenvalue weighted by atomic mass is 9.84. The molecule has 0 bridgehead atoms. The van der Waals surface area contributed by atoms with E-state index in [0.717, 1.165) is 30.9 Å². The predicted molar refractivity (Wildman–Crippen MR) is 127 cm³/mol. The molecule has 2 fully saturated rings. The third-order valence-corrected chi connectivity index (χ3v) is 6.64. The summed E-state index contributed by atoms with van der Waals surface area (Å²) in [7, 11) is 0. The van der Waals surface area contributed by atoms with Crippen molar-refractivity contribution < 1.29 is 23.1 Å². The average Bonchev–Trinajstić information content (AvgIpc) is 2.85. The first kappa shape index (κ1) is 25.0. The van der Waals surface area contributed by atoms with Crippen LogP contribution in [0.3, 0.4) is 0 Å². The molecule has 1 saturated carbocycles. The number of halogens is 2. The maximum atomic E-state index is 13.3. The molecule has 2 amide bonds. The SMILES string of the molecule is O=C(CC1CCC(F)(F)CC1)NCC(=O)N1CCN(Cc2cccc(Oc3ccccn3)c2)CC1. The first-order chi connectivity index (χ1) is 16.9. The molecule has 0 unspecified atom stereocenters. The molecule has 2 aromatic rings. The molecule has 2 heterocycles. The van der Waals surface area contributed by atoms with Crippen LogP contribution >= 0.6 is 0 Å². The first-order valence-corrected chi connectivity index (χ1v) is 12.2. The van der Waals surface area contributed by atoms with Crippen molar-refractivity contribution >= 4 is 11.8 Å². The van der Waals surface area contributed by atoms with Gasteiger partial charge in [0.1, 0.15) is 5.75 Å². The van der Waals surface area contributed by atoms with E-state index in [1.165, 1.54) is 0 Å². The van der Waals surface area contributed by atoms with Crippen LogP contribution in [0.1, 0.15) is 37.7 Å². The van der Waals surface area contributed by atoms with Gasteiger partial charge in [0.25, 0.3) is 0 Å². The van der Waals surface area contributed by atoms with Crippen LogP contribution in [-0.2, 0) is 16.1 Å². The Balaban J connectivity index is 1.16. The van der Waals surface area contributed by atoms with Crippen LogP contribution < -0.4 is 10.1 Å². The highest BCUT2D eigenvalue weighted by atomic mass is 19.3. The number of nitrogens with zero attached hydrogens (tertiary/aromatic N) is 3. The van der Waals surface area contributed by atoms with Crippen molar-refractivity contribution in [1.82, 2.24) is 20.1 Å². The Kier molecular flexibility index (Phi) is 8.28. The topological polar surface area (TPSA) is 74.8 Å². The third-order valence-electron chi connectivity index (χ3n) is 6.64. The summed E-state index contributed by atoms with van der Waals surface area (Å²) in [6, 6.07) is 13.4. The average molecular weight is 487 g/mol. The first-order valence-electron chi connectivity index (χ1n) is 12.2. The molecule has 0 spiro atoms. The van der Waals surface area contributed by atoms with Crippen LogP contribution in [0.5, 0.6) is 11.6 Å². The van der Waals surface area contributed by atoms with Gasteiger partial charge in [0, 0.05) is 64.2 Å². The number of alkyl halides is 2. The van der Waals surface area contributed by atoms with Crippen molar-refractivity contribution in [2.45, 2.75) is 44.6 Å². The molecule has 7 nitrogen and oxygen atoms in total. The zero-order chi connectivity index (χ0) is 24.7. The number of carbonyl (C=O) groups excluding carboxylic acids is 2. The number of amides is 2. The lowest BCUT2D eigenvalue weighted by Gasteiger charge is -2.35. The second-order valence-electron chi connectivity index (χ2n) is 9.35. The number of ether oxygens (including phenoxy) is 1. The van der Waals surface area contributed by atoms with Gasteiger partial charge in [-0.15, -0.1) is 0 Å². The van der Waals surface area contributed by atoms with Crippen molar-refractivity contribution in [2.24, 2.45) is 5.92 Å². The fourth-order valence-electron chi connectivity index (χ4n) is 4.57. The summed E-state index contributed by atoms with van der Waals surface area (Å²) in [5.41, 5.74) is 1.12. The van der Waals surface area contributed by atoms with Crippen molar-refractivity contribution in [3.63, 3.8) is 0 Å². The van der Waals surface area contributed by atoms with Gasteiger partial charge in [0.15, 0.2) is 0 Å². The van der Waals surface area contributed by atoms with Gasteiger partial charge in [-0.25, -0.2) is 13.8 Å². The Morgan fingerprint density at radius 1 is 1.06 bits per heavy atom. The van der Waals surface area contributed by atoms with E-state index in [1.54, 1.807) is 11.1 Å². The van der Waals surface area contributed by atoms with Crippen molar-refractivity contribution in [2.75, 3.05) is 32.7 Å². The number of benzene rings is 1. The summed E-state index contributed by atoms with van der Waals surface area (Å²) >= 11 is 0. The van der Waals surface area contributed by atoms with Crippen molar-refractivity contribution in [1.29, 1.82) is 0 Å². The summed E-state index contributed by atoms with van der Waals surface area (Å²) < 4.78 is 32.3. The molecule has 35 heavy (non-hydrogen) atoms. The van der Waals surface area contributed by atoms with E-state index >= 15 is 0 Å². The zero-order valence-corrected chi connectivity index (χ0v) is 19.8. The Labute approximate surface area is 204 Å². The Hall–Kier alpha value is -3.07. The van der Waals surface area contributed by atoms with Crippen LogP contribution in [0.2, 0.25) is 0 Å². The minimum Gasteiger partial charge on any atom is -0.439 e. The van der Waals surface area contributed by atoms with Crippen LogP contribution in [0.15, 0.2) is 48.7 Å². The number of nitrogens with one attached hydrogen (secondary N) is 1. The van der Waals surface area contributed by atoms with Gasteiger partial charge in [0.05, 0.1) is 6.54 Å². The number of piperazine rings is 1. The van der Waals surface area contributed by atoms with E-state index in [1.807, 2.05) is 42.5 Å². The van der Waals surface area contributed by atoms with Crippen molar-refractivity contribution in [3.8, 4) is 11.6 Å². The lowest BCUT2D eigenvalue weighted by Crippen LogP contribution is -2.50.